The number of halogens is 2. The lowest BCUT2D eigenvalue weighted by Crippen LogP contribution is -2.16. The highest BCUT2D eigenvalue weighted by molar-refractivity contribution is 9.10. The minimum absolute atomic E-state index is 0.0934. The summed E-state index contributed by atoms with van der Waals surface area (Å²) in [5.41, 5.74) is 0.828. The molecule has 0 saturated carbocycles. The van der Waals surface area contributed by atoms with E-state index in [-0.39, 0.29) is 12.2 Å². The van der Waals surface area contributed by atoms with Gasteiger partial charge in [0.1, 0.15) is 17.9 Å². The summed E-state index contributed by atoms with van der Waals surface area (Å²) in [5, 5.41) is 0.438. The number of H-pyrrole nitrogens is 1. The Bertz CT molecular complexity index is 919. The van der Waals surface area contributed by atoms with E-state index in [0.717, 1.165) is 4.47 Å². The smallest absolute Gasteiger partial charge is 0.355 e. The Morgan fingerprint density at radius 2 is 2.23 bits per heavy atom. The molecule has 22 heavy (non-hydrogen) atoms. The SMILES string of the molecule is O=C(OCc1cc(=O)n2cc(Cl)ccc2n1)c1cc(Br)c[nH]1. The van der Waals surface area contributed by atoms with E-state index in [2.05, 4.69) is 25.9 Å². The number of pyridine rings is 1. The molecule has 6 nitrogen and oxygen atoms in total. The number of hydrogen-bond donors (Lipinski definition) is 1. The van der Waals surface area contributed by atoms with Gasteiger partial charge in [-0.1, -0.05) is 11.6 Å². The standard InChI is InChI=1S/C14H9BrClN3O3/c15-8-3-11(17-5-8)14(21)22-7-10-4-13(20)19-6-9(16)1-2-12(19)18-10/h1-6,17H,7H2. The van der Waals surface area contributed by atoms with E-state index < -0.39 is 5.97 Å². The second-order valence-corrected chi connectivity index (χ2v) is 5.82. The molecule has 0 bridgehead atoms. The predicted octanol–water partition coefficient (Wildman–Crippen LogP) is 2.80. The lowest BCUT2D eigenvalue weighted by atomic mass is 10.4. The number of hydrogen-bond acceptors (Lipinski definition) is 4. The molecule has 3 aromatic rings. The first-order valence-corrected chi connectivity index (χ1v) is 7.39. The average Bonchev–Trinajstić information content (AvgIpc) is 2.92. The first-order valence-electron chi connectivity index (χ1n) is 6.22. The van der Waals surface area contributed by atoms with Gasteiger partial charge in [0, 0.05) is 22.9 Å². The quantitative estimate of drug-likeness (QED) is 0.707. The van der Waals surface area contributed by atoms with E-state index >= 15 is 0 Å². The van der Waals surface area contributed by atoms with Gasteiger partial charge < -0.3 is 9.72 Å². The van der Waals surface area contributed by atoms with Crippen molar-refractivity contribution in [2.45, 2.75) is 6.61 Å². The summed E-state index contributed by atoms with van der Waals surface area (Å²) >= 11 is 9.07. The Labute approximate surface area is 137 Å². The number of rotatable bonds is 3. The zero-order valence-electron chi connectivity index (χ0n) is 11.0. The number of nitrogens with one attached hydrogen (secondary N) is 1. The van der Waals surface area contributed by atoms with Crippen molar-refractivity contribution in [2.24, 2.45) is 0 Å². The third kappa shape index (κ3) is 3.05. The molecule has 0 aromatic carbocycles. The predicted molar refractivity (Wildman–Crippen MR) is 84.1 cm³/mol. The molecular weight excluding hydrogens is 374 g/mol. The molecule has 0 saturated heterocycles. The maximum Gasteiger partial charge on any atom is 0.355 e. The highest BCUT2D eigenvalue weighted by atomic mass is 79.9. The normalized spacial score (nSPS) is 10.8. The van der Waals surface area contributed by atoms with Gasteiger partial charge in [0.25, 0.3) is 5.56 Å². The monoisotopic (exact) mass is 381 g/mol. The molecular formula is C14H9BrClN3O3. The van der Waals surface area contributed by atoms with Crippen molar-refractivity contribution in [1.29, 1.82) is 0 Å². The van der Waals surface area contributed by atoms with Crippen molar-refractivity contribution in [2.75, 3.05) is 0 Å². The summed E-state index contributed by atoms with van der Waals surface area (Å²) in [7, 11) is 0. The number of aromatic nitrogens is 3. The van der Waals surface area contributed by atoms with Gasteiger partial charge in [0.15, 0.2) is 0 Å². The van der Waals surface area contributed by atoms with Crippen molar-refractivity contribution >= 4 is 39.1 Å². The van der Waals surface area contributed by atoms with E-state index in [1.807, 2.05) is 0 Å². The number of carbonyl (C=O) groups excluding carboxylic acids is 1. The Hall–Kier alpha value is -2.12. The third-order valence-corrected chi connectivity index (χ3v) is 3.58. The molecule has 0 aliphatic rings. The molecule has 0 aliphatic carbocycles. The first-order chi connectivity index (χ1) is 10.5. The van der Waals surface area contributed by atoms with Crippen molar-refractivity contribution in [3.05, 3.63) is 67.9 Å². The van der Waals surface area contributed by atoms with Gasteiger partial charge in [-0.25, -0.2) is 9.78 Å². The fraction of sp³-hybridized carbons (Fsp3) is 0.0714. The molecule has 0 radical (unpaired) electrons. The largest absolute Gasteiger partial charge is 0.455 e. The van der Waals surface area contributed by atoms with Crippen molar-refractivity contribution in [1.82, 2.24) is 14.4 Å². The molecule has 3 rings (SSSR count). The summed E-state index contributed by atoms with van der Waals surface area (Å²) in [6.07, 6.45) is 3.11. The molecule has 0 spiro atoms. The van der Waals surface area contributed by atoms with Gasteiger partial charge in [-0.3, -0.25) is 9.20 Å². The van der Waals surface area contributed by atoms with Gasteiger partial charge in [-0.05, 0) is 34.1 Å². The molecule has 3 heterocycles. The maximum atomic E-state index is 12.0. The van der Waals surface area contributed by atoms with Crippen LogP contribution in [-0.4, -0.2) is 20.3 Å². The summed E-state index contributed by atoms with van der Waals surface area (Å²) in [4.78, 5) is 30.8. The van der Waals surface area contributed by atoms with Crippen LogP contribution < -0.4 is 5.56 Å². The summed E-state index contributed by atoms with van der Waals surface area (Å²) in [5.74, 6) is -0.524. The van der Waals surface area contributed by atoms with Crippen LogP contribution in [0.1, 0.15) is 16.2 Å². The van der Waals surface area contributed by atoms with E-state index in [0.29, 0.717) is 22.1 Å². The number of ether oxygens (including phenoxy) is 1. The van der Waals surface area contributed by atoms with E-state index in [1.54, 1.807) is 24.4 Å². The van der Waals surface area contributed by atoms with E-state index in [4.69, 9.17) is 16.3 Å². The number of aromatic amines is 1. The maximum absolute atomic E-state index is 12.0. The van der Waals surface area contributed by atoms with Crippen LogP contribution in [0, 0.1) is 0 Å². The number of esters is 1. The van der Waals surface area contributed by atoms with Crippen LogP contribution in [-0.2, 0) is 11.3 Å². The summed E-state index contributed by atoms with van der Waals surface area (Å²) < 4.78 is 7.21. The molecule has 0 aliphatic heterocycles. The fourth-order valence-corrected chi connectivity index (χ4v) is 2.41. The second kappa shape index (κ2) is 5.94. The lowest BCUT2D eigenvalue weighted by molar-refractivity contribution is 0.0461. The van der Waals surface area contributed by atoms with Crippen molar-refractivity contribution < 1.29 is 9.53 Å². The number of fused-ring (bicyclic) bond motifs is 1. The van der Waals surface area contributed by atoms with Crippen molar-refractivity contribution in [3.63, 3.8) is 0 Å². The Balaban J connectivity index is 1.81. The third-order valence-electron chi connectivity index (χ3n) is 2.90. The van der Waals surface area contributed by atoms with E-state index in [9.17, 15) is 9.59 Å². The van der Waals surface area contributed by atoms with Crippen LogP contribution in [0.2, 0.25) is 5.02 Å². The molecule has 0 atom stereocenters. The van der Waals surface area contributed by atoms with Gasteiger partial charge >= 0.3 is 5.97 Å². The second-order valence-electron chi connectivity index (χ2n) is 4.47. The summed E-state index contributed by atoms with van der Waals surface area (Å²) in [6, 6.07) is 6.17. The molecule has 112 valence electrons. The number of carbonyl (C=O) groups is 1. The van der Waals surface area contributed by atoms with Crippen LogP contribution in [0.4, 0.5) is 0 Å². The number of nitrogens with zero attached hydrogens (tertiary/aromatic N) is 2. The first kappa shape index (κ1) is 14.8. The van der Waals surface area contributed by atoms with Crippen molar-refractivity contribution in [3.8, 4) is 0 Å². The minimum Gasteiger partial charge on any atom is -0.455 e. The van der Waals surface area contributed by atoms with Crippen LogP contribution in [0.15, 0.2) is 45.9 Å². The summed E-state index contributed by atoms with van der Waals surface area (Å²) in [6.45, 7) is -0.0934. The molecule has 0 amide bonds. The van der Waals surface area contributed by atoms with Crippen LogP contribution >= 0.6 is 27.5 Å². The van der Waals surface area contributed by atoms with Gasteiger partial charge in [-0.15, -0.1) is 0 Å². The van der Waals surface area contributed by atoms with Crippen LogP contribution in [0.3, 0.4) is 0 Å². The van der Waals surface area contributed by atoms with E-state index in [1.165, 1.54) is 16.7 Å². The molecule has 0 unspecified atom stereocenters. The molecule has 3 aromatic heterocycles. The average molecular weight is 383 g/mol. The highest BCUT2D eigenvalue weighted by Gasteiger charge is 2.11. The van der Waals surface area contributed by atoms with Gasteiger partial charge in [0.2, 0.25) is 0 Å². The molecule has 0 fully saturated rings. The van der Waals surface area contributed by atoms with Gasteiger partial charge in [-0.2, -0.15) is 0 Å². The topological polar surface area (TPSA) is 76.5 Å². The molecule has 1 N–H and O–H groups in total. The van der Waals surface area contributed by atoms with Crippen LogP contribution in [0.5, 0.6) is 0 Å². The fourth-order valence-electron chi connectivity index (χ4n) is 1.90. The highest BCUT2D eigenvalue weighted by Crippen LogP contribution is 2.12. The lowest BCUT2D eigenvalue weighted by Gasteiger charge is -2.05. The Morgan fingerprint density at radius 3 is 2.95 bits per heavy atom. The zero-order valence-corrected chi connectivity index (χ0v) is 13.4. The minimum atomic E-state index is -0.524. The van der Waals surface area contributed by atoms with Crippen LogP contribution in [0.25, 0.3) is 5.65 Å². The Morgan fingerprint density at radius 1 is 1.41 bits per heavy atom. The zero-order chi connectivity index (χ0) is 15.7. The van der Waals surface area contributed by atoms with Gasteiger partial charge in [0.05, 0.1) is 10.7 Å². The Kier molecular flexibility index (Phi) is 4.00. The molecule has 8 heteroatoms.